The van der Waals surface area contributed by atoms with Crippen LogP contribution in [0.2, 0.25) is 0 Å². The molecule has 108 valence electrons. The second-order valence-electron chi connectivity index (χ2n) is 5.51. The topological polar surface area (TPSA) is 49.3 Å². The van der Waals surface area contributed by atoms with E-state index in [0.717, 1.165) is 12.0 Å². The van der Waals surface area contributed by atoms with Gasteiger partial charge in [-0.1, -0.05) is 60.7 Å². The average Bonchev–Trinajstić information content (AvgIpc) is 3.35. The third-order valence-electron chi connectivity index (χ3n) is 4.06. The number of carbonyl (C=O) groups is 1. The predicted octanol–water partition coefficient (Wildman–Crippen LogP) is 2.64. The van der Waals surface area contributed by atoms with Crippen molar-refractivity contribution >= 4 is 5.91 Å². The normalized spacial score (nSPS) is 21.6. The fourth-order valence-corrected chi connectivity index (χ4v) is 2.75. The van der Waals surface area contributed by atoms with Gasteiger partial charge >= 0.3 is 0 Å². The number of aliphatic hydroxyl groups is 1. The zero-order valence-corrected chi connectivity index (χ0v) is 11.8. The Kier molecular flexibility index (Phi) is 4.02. The van der Waals surface area contributed by atoms with Gasteiger partial charge in [0.1, 0.15) is 0 Å². The van der Waals surface area contributed by atoms with E-state index in [0.29, 0.717) is 5.92 Å². The molecule has 21 heavy (non-hydrogen) atoms. The number of rotatable bonds is 5. The van der Waals surface area contributed by atoms with Crippen molar-refractivity contribution in [3.05, 3.63) is 71.8 Å². The summed E-state index contributed by atoms with van der Waals surface area (Å²) in [5.74, 6) is 0.387. The summed E-state index contributed by atoms with van der Waals surface area (Å²) in [6, 6.07) is 19.4. The number of nitrogens with one attached hydrogen (secondary N) is 1. The maximum absolute atomic E-state index is 12.3. The second kappa shape index (κ2) is 6.10. The van der Waals surface area contributed by atoms with Crippen LogP contribution < -0.4 is 5.32 Å². The summed E-state index contributed by atoms with van der Waals surface area (Å²) < 4.78 is 0. The highest BCUT2D eigenvalue weighted by Crippen LogP contribution is 2.47. The first-order chi connectivity index (χ1) is 10.3. The van der Waals surface area contributed by atoms with Crippen molar-refractivity contribution in [1.29, 1.82) is 0 Å². The van der Waals surface area contributed by atoms with Crippen LogP contribution in [-0.4, -0.2) is 17.6 Å². The van der Waals surface area contributed by atoms with Crippen LogP contribution in [0.15, 0.2) is 60.7 Å². The van der Waals surface area contributed by atoms with Crippen LogP contribution in [0, 0.1) is 5.92 Å². The fraction of sp³-hybridized carbons (Fsp3) is 0.278. The number of amides is 1. The van der Waals surface area contributed by atoms with Crippen molar-refractivity contribution < 1.29 is 9.90 Å². The lowest BCUT2D eigenvalue weighted by Gasteiger charge is -2.16. The molecule has 1 fully saturated rings. The molecule has 3 nitrogen and oxygen atoms in total. The smallest absolute Gasteiger partial charge is 0.224 e. The summed E-state index contributed by atoms with van der Waals surface area (Å²) in [5.41, 5.74) is 2.16. The molecule has 1 saturated carbocycles. The molecule has 2 N–H and O–H groups in total. The maximum Gasteiger partial charge on any atom is 0.224 e. The Morgan fingerprint density at radius 1 is 1.10 bits per heavy atom. The van der Waals surface area contributed by atoms with Crippen molar-refractivity contribution in [3.63, 3.8) is 0 Å². The molecular weight excluding hydrogens is 262 g/mol. The number of aliphatic hydroxyl groups excluding tert-OH is 1. The Bertz CT molecular complexity index is 597. The van der Waals surface area contributed by atoms with E-state index >= 15 is 0 Å². The SMILES string of the molecule is O=C(N[C@H](CO)c1ccccc1)C1CC1c1ccccc1. The molecule has 2 aromatic carbocycles. The molecule has 0 bridgehead atoms. The van der Waals surface area contributed by atoms with E-state index in [-0.39, 0.29) is 24.5 Å². The highest BCUT2D eigenvalue weighted by molar-refractivity contribution is 5.83. The van der Waals surface area contributed by atoms with E-state index < -0.39 is 0 Å². The molecule has 3 atom stereocenters. The summed E-state index contributed by atoms with van der Waals surface area (Å²) >= 11 is 0. The summed E-state index contributed by atoms with van der Waals surface area (Å²) in [7, 11) is 0. The van der Waals surface area contributed by atoms with Gasteiger partial charge in [-0.2, -0.15) is 0 Å². The van der Waals surface area contributed by atoms with E-state index in [1.165, 1.54) is 5.56 Å². The Labute approximate surface area is 124 Å². The molecule has 1 aliphatic carbocycles. The van der Waals surface area contributed by atoms with Gasteiger partial charge in [-0.25, -0.2) is 0 Å². The van der Waals surface area contributed by atoms with E-state index in [9.17, 15) is 9.90 Å². The first-order valence-electron chi connectivity index (χ1n) is 7.30. The van der Waals surface area contributed by atoms with Crippen molar-refractivity contribution in [2.45, 2.75) is 18.4 Å². The van der Waals surface area contributed by atoms with Gasteiger partial charge in [-0.05, 0) is 23.5 Å². The van der Waals surface area contributed by atoms with Gasteiger partial charge in [0.15, 0.2) is 0 Å². The molecule has 0 aromatic heterocycles. The third kappa shape index (κ3) is 3.14. The average molecular weight is 281 g/mol. The lowest BCUT2D eigenvalue weighted by Crippen LogP contribution is -2.32. The summed E-state index contributed by atoms with van der Waals surface area (Å²) in [4.78, 5) is 12.3. The van der Waals surface area contributed by atoms with Crippen LogP contribution in [0.1, 0.15) is 29.5 Å². The van der Waals surface area contributed by atoms with Gasteiger partial charge in [0, 0.05) is 5.92 Å². The summed E-state index contributed by atoms with van der Waals surface area (Å²) in [6.07, 6.45) is 0.892. The standard InChI is InChI=1S/C18H19NO2/c20-12-17(14-9-5-2-6-10-14)19-18(21)16-11-15(16)13-7-3-1-4-8-13/h1-10,15-17,20H,11-12H2,(H,19,21)/t15?,16?,17-/m1/s1. The number of hydrogen-bond acceptors (Lipinski definition) is 2. The van der Waals surface area contributed by atoms with Crippen molar-refractivity contribution in [2.75, 3.05) is 6.61 Å². The molecule has 0 saturated heterocycles. The predicted molar refractivity (Wildman–Crippen MR) is 81.7 cm³/mol. The molecule has 3 rings (SSSR count). The molecule has 2 aromatic rings. The number of hydrogen-bond donors (Lipinski definition) is 2. The Morgan fingerprint density at radius 3 is 2.33 bits per heavy atom. The monoisotopic (exact) mass is 281 g/mol. The molecule has 0 heterocycles. The van der Waals surface area contributed by atoms with Gasteiger partial charge < -0.3 is 10.4 Å². The number of carbonyl (C=O) groups excluding carboxylic acids is 1. The molecule has 1 aliphatic rings. The third-order valence-corrected chi connectivity index (χ3v) is 4.06. The van der Waals surface area contributed by atoms with E-state index in [2.05, 4.69) is 17.4 Å². The summed E-state index contributed by atoms with van der Waals surface area (Å²) in [5, 5.41) is 12.5. The first kappa shape index (κ1) is 13.8. The molecular formula is C18H19NO2. The van der Waals surface area contributed by atoms with Crippen LogP contribution in [-0.2, 0) is 4.79 Å². The quantitative estimate of drug-likeness (QED) is 0.885. The minimum atomic E-state index is -0.323. The maximum atomic E-state index is 12.3. The summed E-state index contributed by atoms with van der Waals surface area (Å²) in [6.45, 7) is -0.0848. The van der Waals surface area contributed by atoms with Crippen LogP contribution in [0.4, 0.5) is 0 Å². The highest BCUT2D eigenvalue weighted by atomic mass is 16.3. The lowest BCUT2D eigenvalue weighted by molar-refractivity contribution is -0.123. The van der Waals surface area contributed by atoms with Gasteiger partial charge in [0.2, 0.25) is 5.91 Å². The van der Waals surface area contributed by atoms with E-state index in [1.807, 2.05) is 48.5 Å². The Balaban J connectivity index is 1.62. The zero-order chi connectivity index (χ0) is 14.7. The lowest BCUT2D eigenvalue weighted by atomic mass is 10.1. The van der Waals surface area contributed by atoms with Gasteiger partial charge in [-0.15, -0.1) is 0 Å². The molecule has 0 aliphatic heterocycles. The van der Waals surface area contributed by atoms with Gasteiger partial charge in [-0.3, -0.25) is 4.79 Å². The van der Waals surface area contributed by atoms with E-state index in [4.69, 9.17) is 0 Å². The molecule has 2 unspecified atom stereocenters. The zero-order valence-electron chi connectivity index (χ0n) is 11.8. The van der Waals surface area contributed by atoms with Gasteiger partial charge in [0.05, 0.1) is 12.6 Å². The molecule has 3 heteroatoms. The van der Waals surface area contributed by atoms with Crippen molar-refractivity contribution in [1.82, 2.24) is 5.32 Å². The molecule has 0 radical (unpaired) electrons. The van der Waals surface area contributed by atoms with Crippen molar-refractivity contribution in [3.8, 4) is 0 Å². The highest BCUT2D eigenvalue weighted by Gasteiger charge is 2.44. The largest absolute Gasteiger partial charge is 0.394 e. The van der Waals surface area contributed by atoms with E-state index in [1.54, 1.807) is 0 Å². The minimum Gasteiger partial charge on any atom is -0.394 e. The van der Waals surface area contributed by atoms with Crippen LogP contribution in [0.25, 0.3) is 0 Å². The Morgan fingerprint density at radius 2 is 1.71 bits per heavy atom. The second-order valence-corrected chi connectivity index (χ2v) is 5.51. The number of benzene rings is 2. The van der Waals surface area contributed by atoms with Crippen LogP contribution in [0.3, 0.4) is 0 Å². The van der Waals surface area contributed by atoms with Crippen LogP contribution >= 0.6 is 0 Å². The van der Waals surface area contributed by atoms with Gasteiger partial charge in [0.25, 0.3) is 0 Å². The van der Waals surface area contributed by atoms with Crippen molar-refractivity contribution in [2.24, 2.45) is 5.92 Å². The minimum absolute atomic E-state index is 0.0326. The molecule has 1 amide bonds. The fourth-order valence-electron chi connectivity index (χ4n) is 2.75. The Hall–Kier alpha value is -2.13. The molecule has 0 spiro atoms. The van der Waals surface area contributed by atoms with Crippen LogP contribution in [0.5, 0.6) is 0 Å². The first-order valence-corrected chi connectivity index (χ1v) is 7.30.